The van der Waals surface area contributed by atoms with Crippen LogP contribution in [-0.4, -0.2) is 4.98 Å². The third-order valence-corrected chi connectivity index (χ3v) is 5.51. The number of fused-ring (bicyclic) bond motifs is 4. The van der Waals surface area contributed by atoms with E-state index in [1.165, 1.54) is 5.56 Å². The van der Waals surface area contributed by atoms with Crippen LogP contribution in [0.15, 0.2) is 45.9 Å². The van der Waals surface area contributed by atoms with Gasteiger partial charge in [0, 0.05) is 28.7 Å². The minimum atomic E-state index is -0.386. The van der Waals surface area contributed by atoms with Crippen LogP contribution < -0.4 is 20.8 Å². The van der Waals surface area contributed by atoms with Gasteiger partial charge >= 0.3 is 5.63 Å². The van der Waals surface area contributed by atoms with Crippen molar-refractivity contribution in [3.8, 4) is 22.8 Å². The van der Waals surface area contributed by atoms with Crippen molar-refractivity contribution in [1.29, 1.82) is 0 Å². The standard InChI is InChI=1S/C24H19NO3/c1-13-11-19-20(18-9-5-4-8-17(13)18)14(2)21-23(27-19)15(3)22(28-24(21)26)16-7-6-10-25-12-16/h4,6-12H,5H2,1-3H3. The summed E-state index contributed by atoms with van der Waals surface area (Å²) >= 11 is 0. The first-order valence-electron chi connectivity index (χ1n) is 9.34. The summed E-state index contributed by atoms with van der Waals surface area (Å²) < 4.78 is 12.0. The summed E-state index contributed by atoms with van der Waals surface area (Å²) in [5.74, 6) is 1.86. The molecule has 0 amide bonds. The first-order valence-corrected chi connectivity index (χ1v) is 9.34. The van der Waals surface area contributed by atoms with Crippen molar-refractivity contribution >= 4 is 17.7 Å². The molecule has 138 valence electrons. The van der Waals surface area contributed by atoms with Crippen LogP contribution in [0.4, 0.5) is 0 Å². The van der Waals surface area contributed by atoms with Crippen LogP contribution in [0.5, 0.6) is 11.5 Å². The van der Waals surface area contributed by atoms with E-state index >= 15 is 0 Å². The lowest BCUT2D eigenvalue weighted by molar-refractivity contribution is 0.442. The van der Waals surface area contributed by atoms with Gasteiger partial charge in [0.2, 0.25) is 0 Å². The van der Waals surface area contributed by atoms with Crippen molar-refractivity contribution in [3.63, 3.8) is 0 Å². The lowest BCUT2D eigenvalue weighted by atomic mass is 9.92. The van der Waals surface area contributed by atoms with Crippen LogP contribution >= 0.6 is 0 Å². The Hall–Kier alpha value is -3.40. The van der Waals surface area contributed by atoms with Gasteiger partial charge in [0.05, 0.1) is 0 Å². The van der Waals surface area contributed by atoms with Crippen molar-refractivity contribution in [1.82, 2.24) is 4.98 Å². The van der Waals surface area contributed by atoms with E-state index in [1.807, 2.05) is 26.0 Å². The first kappa shape index (κ1) is 16.8. The SMILES string of the molecule is CC1=c2c(cc(C)c3c2=CCC=C3)Oc2c(C)c(-c3cccnc3)oc(=O)c21. The van der Waals surface area contributed by atoms with Gasteiger partial charge in [-0.2, -0.15) is 0 Å². The quantitative estimate of drug-likeness (QED) is 0.654. The Balaban J connectivity index is 1.87. The smallest absolute Gasteiger partial charge is 0.347 e. The summed E-state index contributed by atoms with van der Waals surface area (Å²) in [6.45, 7) is 5.98. The number of hydrogen-bond donors (Lipinski definition) is 0. The fourth-order valence-corrected chi connectivity index (χ4v) is 4.16. The Labute approximate surface area is 162 Å². The number of ether oxygens (including phenoxy) is 1. The number of aromatic nitrogens is 1. The number of benzene rings is 1. The molecule has 4 heteroatoms. The second kappa shape index (κ2) is 6.06. The third kappa shape index (κ3) is 2.31. The Kier molecular flexibility index (Phi) is 3.63. The molecule has 1 aromatic carbocycles. The van der Waals surface area contributed by atoms with Gasteiger partial charge in [0.1, 0.15) is 22.8 Å². The molecule has 0 saturated heterocycles. The highest BCUT2D eigenvalue weighted by molar-refractivity contribution is 5.78. The molecular weight excluding hydrogens is 350 g/mol. The predicted octanol–water partition coefficient (Wildman–Crippen LogP) is 3.84. The van der Waals surface area contributed by atoms with Crippen LogP contribution in [0.25, 0.3) is 29.0 Å². The second-order valence-electron chi connectivity index (χ2n) is 7.25. The van der Waals surface area contributed by atoms with Gasteiger partial charge in [0.15, 0.2) is 0 Å². The molecule has 0 atom stereocenters. The average Bonchev–Trinajstić information content (AvgIpc) is 2.71. The van der Waals surface area contributed by atoms with E-state index in [0.717, 1.165) is 44.9 Å². The monoisotopic (exact) mass is 369 g/mol. The normalized spacial score (nSPS) is 13.9. The maximum Gasteiger partial charge on any atom is 0.347 e. The van der Waals surface area contributed by atoms with Crippen molar-refractivity contribution in [2.75, 3.05) is 0 Å². The van der Waals surface area contributed by atoms with E-state index < -0.39 is 0 Å². The highest BCUT2D eigenvalue weighted by atomic mass is 16.5. The molecule has 2 aromatic heterocycles. The fourth-order valence-electron chi connectivity index (χ4n) is 4.16. The molecule has 0 N–H and O–H groups in total. The number of hydrogen-bond acceptors (Lipinski definition) is 4. The highest BCUT2D eigenvalue weighted by Gasteiger charge is 2.27. The average molecular weight is 369 g/mol. The fraction of sp³-hybridized carbons (Fsp3) is 0.167. The molecule has 0 radical (unpaired) electrons. The lowest BCUT2D eigenvalue weighted by Gasteiger charge is -2.22. The zero-order valence-electron chi connectivity index (χ0n) is 16.0. The van der Waals surface area contributed by atoms with E-state index in [9.17, 15) is 4.79 Å². The molecule has 0 bridgehead atoms. The van der Waals surface area contributed by atoms with Crippen LogP contribution in [0.3, 0.4) is 0 Å². The highest BCUT2D eigenvalue weighted by Crippen LogP contribution is 2.37. The lowest BCUT2D eigenvalue weighted by Crippen LogP contribution is -2.35. The molecule has 4 nitrogen and oxygen atoms in total. The molecule has 3 aromatic rings. The van der Waals surface area contributed by atoms with E-state index in [4.69, 9.17) is 9.15 Å². The third-order valence-electron chi connectivity index (χ3n) is 5.51. The molecule has 2 aliphatic rings. The maximum absolute atomic E-state index is 13.0. The zero-order valence-corrected chi connectivity index (χ0v) is 16.0. The van der Waals surface area contributed by atoms with Crippen LogP contribution in [-0.2, 0) is 0 Å². The van der Waals surface area contributed by atoms with Gasteiger partial charge in [0.25, 0.3) is 0 Å². The van der Waals surface area contributed by atoms with Crippen molar-refractivity contribution in [3.05, 3.63) is 79.8 Å². The van der Waals surface area contributed by atoms with Crippen LogP contribution in [0.2, 0.25) is 0 Å². The van der Waals surface area contributed by atoms with E-state index in [1.54, 1.807) is 12.4 Å². The van der Waals surface area contributed by atoms with Crippen molar-refractivity contribution in [2.45, 2.75) is 27.2 Å². The van der Waals surface area contributed by atoms with Crippen molar-refractivity contribution in [2.24, 2.45) is 0 Å². The Morgan fingerprint density at radius 2 is 2.04 bits per heavy atom. The number of aryl methyl sites for hydroxylation is 1. The van der Waals surface area contributed by atoms with E-state index in [0.29, 0.717) is 17.1 Å². The van der Waals surface area contributed by atoms with Gasteiger partial charge in [-0.05, 0) is 67.3 Å². The summed E-state index contributed by atoms with van der Waals surface area (Å²) in [5, 5.41) is 2.12. The first-order chi connectivity index (χ1) is 13.6. The van der Waals surface area contributed by atoms with Crippen LogP contribution in [0, 0.1) is 13.8 Å². The minimum Gasteiger partial charge on any atom is -0.455 e. The Morgan fingerprint density at radius 1 is 1.18 bits per heavy atom. The summed E-state index contributed by atoms with van der Waals surface area (Å²) in [5.41, 5.74) is 4.91. The van der Waals surface area contributed by atoms with Gasteiger partial charge in [-0.15, -0.1) is 0 Å². The number of pyridine rings is 1. The molecule has 1 aliphatic heterocycles. The van der Waals surface area contributed by atoms with Gasteiger partial charge in [-0.3, -0.25) is 4.98 Å². The second-order valence-corrected chi connectivity index (χ2v) is 7.25. The largest absolute Gasteiger partial charge is 0.455 e. The molecule has 28 heavy (non-hydrogen) atoms. The number of nitrogens with zero attached hydrogens (tertiary/aromatic N) is 1. The molecule has 3 heterocycles. The minimum absolute atomic E-state index is 0.386. The van der Waals surface area contributed by atoms with Gasteiger partial charge in [-0.1, -0.05) is 18.2 Å². The summed E-state index contributed by atoms with van der Waals surface area (Å²) in [4.78, 5) is 17.1. The topological polar surface area (TPSA) is 52.3 Å². The molecule has 0 saturated carbocycles. The molecule has 5 rings (SSSR count). The Morgan fingerprint density at radius 3 is 2.82 bits per heavy atom. The van der Waals surface area contributed by atoms with Crippen molar-refractivity contribution < 1.29 is 9.15 Å². The number of rotatable bonds is 1. The molecular formula is C24H19NO3. The predicted molar refractivity (Wildman–Crippen MR) is 110 cm³/mol. The molecule has 0 fully saturated rings. The molecule has 1 aliphatic carbocycles. The maximum atomic E-state index is 13.0. The summed E-state index contributed by atoms with van der Waals surface area (Å²) in [7, 11) is 0. The van der Waals surface area contributed by atoms with Gasteiger partial charge in [-0.25, -0.2) is 4.79 Å². The Bertz CT molecular complexity index is 1350. The number of allylic oxidation sites excluding steroid dienone is 1. The van der Waals surface area contributed by atoms with Gasteiger partial charge < -0.3 is 9.15 Å². The van der Waals surface area contributed by atoms with E-state index in [2.05, 4.69) is 36.2 Å². The molecule has 0 spiro atoms. The van der Waals surface area contributed by atoms with Crippen LogP contribution in [0.1, 0.15) is 35.6 Å². The zero-order chi connectivity index (χ0) is 19.4. The van der Waals surface area contributed by atoms with E-state index in [-0.39, 0.29) is 5.63 Å². The summed E-state index contributed by atoms with van der Waals surface area (Å²) in [6, 6.07) is 5.75. The summed E-state index contributed by atoms with van der Waals surface area (Å²) in [6.07, 6.45) is 10.7. The molecule has 0 unspecified atom stereocenters.